The summed E-state index contributed by atoms with van der Waals surface area (Å²) in [6, 6.07) is 5.36. The molecule has 1 fully saturated rings. The van der Waals surface area contributed by atoms with Crippen molar-refractivity contribution in [1.29, 1.82) is 0 Å². The van der Waals surface area contributed by atoms with E-state index in [4.69, 9.17) is 4.74 Å². The van der Waals surface area contributed by atoms with E-state index >= 15 is 0 Å². The zero-order valence-corrected chi connectivity index (χ0v) is 12.8. The monoisotopic (exact) mass is 319 g/mol. The van der Waals surface area contributed by atoms with Crippen LogP contribution in [0.15, 0.2) is 34.1 Å². The molecule has 2 rings (SSSR count). The Kier molecular flexibility index (Phi) is 4.48. The van der Waals surface area contributed by atoms with Gasteiger partial charge in [0.25, 0.3) is 0 Å². The van der Waals surface area contributed by atoms with Crippen LogP contribution in [0.3, 0.4) is 0 Å². The molecule has 0 spiro atoms. The van der Waals surface area contributed by atoms with Gasteiger partial charge in [-0.05, 0) is 24.3 Å². The Morgan fingerprint density at radius 1 is 1.00 bits per heavy atom. The molecule has 1 saturated heterocycles. The molecule has 1 aliphatic rings. The van der Waals surface area contributed by atoms with Gasteiger partial charge in [-0.25, -0.2) is 16.8 Å². The molecule has 0 radical (unpaired) electrons. The highest BCUT2D eigenvalue weighted by Crippen LogP contribution is 2.19. The highest BCUT2D eigenvalue weighted by atomic mass is 32.2. The molecule has 0 aromatic heterocycles. The van der Waals surface area contributed by atoms with E-state index in [0.29, 0.717) is 26.3 Å². The third kappa shape index (κ3) is 3.03. The van der Waals surface area contributed by atoms with Gasteiger partial charge in [0, 0.05) is 13.1 Å². The molecule has 1 aliphatic heterocycles. The molecule has 1 aromatic rings. The van der Waals surface area contributed by atoms with E-state index in [-0.39, 0.29) is 15.5 Å². The molecule has 0 unspecified atom stereocenters. The van der Waals surface area contributed by atoms with Crippen molar-refractivity contribution in [3.63, 3.8) is 0 Å². The molecular formula is C12H17NO5S2. The van der Waals surface area contributed by atoms with Gasteiger partial charge in [-0.1, -0.05) is 6.92 Å². The van der Waals surface area contributed by atoms with Crippen molar-refractivity contribution < 1.29 is 21.6 Å². The van der Waals surface area contributed by atoms with Gasteiger partial charge < -0.3 is 4.74 Å². The first kappa shape index (κ1) is 15.4. The zero-order valence-electron chi connectivity index (χ0n) is 11.1. The van der Waals surface area contributed by atoms with Gasteiger partial charge in [0.05, 0.1) is 28.8 Å². The van der Waals surface area contributed by atoms with E-state index in [0.717, 1.165) is 0 Å². The lowest BCUT2D eigenvalue weighted by Gasteiger charge is -2.26. The van der Waals surface area contributed by atoms with Crippen molar-refractivity contribution >= 4 is 19.9 Å². The summed E-state index contributed by atoms with van der Waals surface area (Å²) in [5.74, 6) is -0.0113. The Morgan fingerprint density at radius 2 is 1.50 bits per heavy atom. The molecule has 8 heteroatoms. The van der Waals surface area contributed by atoms with Gasteiger partial charge in [0.2, 0.25) is 10.0 Å². The van der Waals surface area contributed by atoms with Crippen LogP contribution < -0.4 is 0 Å². The fourth-order valence-corrected chi connectivity index (χ4v) is 4.21. The maximum atomic E-state index is 12.3. The summed E-state index contributed by atoms with van der Waals surface area (Å²) in [6.07, 6.45) is 0. The summed E-state index contributed by atoms with van der Waals surface area (Å²) in [5, 5.41) is 0. The van der Waals surface area contributed by atoms with Crippen LogP contribution in [0.2, 0.25) is 0 Å². The Balaban J connectivity index is 2.30. The van der Waals surface area contributed by atoms with Gasteiger partial charge in [-0.15, -0.1) is 0 Å². The van der Waals surface area contributed by atoms with Crippen LogP contribution in [0.4, 0.5) is 0 Å². The molecule has 0 saturated carbocycles. The van der Waals surface area contributed by atoms with E-state index in [1.807, 2.05) is 0 Å². The third-order valence-electron chi connectivity index (χ3n) is 3.17. The highest BCUT2D eigenvalue weighted by Gasteiger charge is 2.26. The van der Waals surface area contributed by atoms with E-state index in [1.165, 1.54) is 28.6 Å². The molecule has 1 heterocycles. The van der Waals surface area contributed by atoms with Crippen LogP contribution in [-0.2, 0) is 24.6 Å². The summed E-state index contributed by atoms with van der Waals surface area (Å²) in [6.45, 7) is 2.94. The predicted octanol–water partition coefficient (Wildman–Crippen LogP) is 0.501. The number of rotatable bonds is 4. The number of benzene rings is 1. The minimum Gasteiger partial charge on any atom is -0.379 e. The number of ether oxygens (including phenoxy) is 1. The molecule has 0 bridgehead atoms. The van der Waals surface area contributed by atoms with Gasteiger partial charge >= 0.3 is 0 Å². The standard InChI is InChI=1S/C12H17NO5S2/c1-2-19(14,15)11-3-5-12(6-4-11)20(16,17)13-7-9-18-10-8-13/h3-6H,2,7-10H2,1H3. The summed E-state index contributed by atoms with van der Waals surface area (Å²) in [4.78, 5) is 0.246. The summed E-state index contributed by atoms with van der Waals surface area (Å²) < 4.78 is 54.5. The van der Waals surface area contributed by atoms with Crippen molar-refractivity contribution in [1.82, 2.24) is 4.31 Å². The van der Waals surface area contributed by atoms with Gasteiger partial charge in [0.1, 0.15) is 0 Å². The summed E-state index contributed by atoms with van der Waals surface area (Å²) in [5.41, 5.74) is 0. The molecule has 0 aliphatic carbocycles. The Hall–Kier alpha value is -0.960. The predicted molar refractivity (Wildman–Crippen MR) is 73.7 cm³/mol. The van der Waals surface area contributed by atoms with Gasteiger partial charge in [-0.3, -0.25) is 0 Å². The fraction of sp³-hybridized carbons (Fsp3) is 0.500. The number of sulfone groups is 1. The second-order valence-electron chi connectivity index (χ2n) is 4.39. The smallest absolute Gasteiger partial charge is 0.243 e. The quantitative estimate of drug-likeness (QED) is 0.807. The molecule has 0 N–H and O–H groups in total. The summed E-state index contributed by atoms with van der Waals surface area (Å²) in [7, 11) is -6.89. The fourth-order valence-electron chi connectivity index (χ4n) is 1.92. The Labute approximate surface area is 119 Å². The topological polar surface area (TPSA) is 80.8 Å². The lowest BCUT2D eigenvalue weighted by Crippen LogP contribution is -2.40. The van der Waals surface area contributed by atoms with E-state index in [1.54, 1.807) is 6.92 Å². The van der Waals surface area contributed by atoms with E-state index in [9.17, 15) is 16.8 Å². The zero-order chi connectivity index (χ0) is 14.8. The minimum absolute atomic E-state index is 0.0113. The molecule has 0 amide bonds. The van der Waals surface area contributed by atoms with Gasteiger partial charge in [0.15, 0.2) is 9.84 Å². The first-order chi connectivity index (χ1) is 9.38. The first-order valence-corrected chi connectivity index (χ1v) is 9.38. The maximum Gasteiger partial charge on any atom is 0.243 e. The van der Waals surface area contributed by atoms with Crippen molar-refractivity contribution in [3.8, 4) is 0 Å². The Bertz CT molecular complexity index is 658. The van der Waals surface area contributed by atoms with Crippen LogP contribution in [0.25, 0.3) is 0 Å². The average Bonchev–Trinajstić information content (AvgIpc) is 2.48. The lowest BCUT2D eigenvalue weighted by atomic mass is 10.4. The Morgan fingerprint density at radius 3 is 2.00 bits per heavy atom. The van der Waals surface area contributed by atoms with E-state index in [2.05, 4.69) is 0 Å². The normalized spacial score (nSPS) is 18.1. The molecular weight excluding hydrogens is 302 g/mol. The van der Waals surface area contributed by atoms with Crippen molar-refractivity contribution in [2.45, 2.75) is 16.7 Å². The van der Waals surface area contributed by atoms with Crippen molar-refractivity contribution in [3.05, 3.63) is 24.3 Å². The van der Waals surface area contributed by atoms with Crippen LogP contribution in [0.5, 0.6) is 0 Å². The van der Waals surface area contributed by atoms with Crippen LogP contribution in [0, 0.1) is 0 Å². The van der Waals surface area contributed by atoms with Crippen LogP contribution >= 0.6 is 0 Å². The summed E-state index contributed by atoms with van der Waals surface area (Å²) >= 11 is 0. The molecule has 6 nitrogen and oxygen atoms in total. The number of hydrogen-bond donors (Lipinski definition) is 0. The second-order valence-corrected chi connectivity index (χ2v) is 8.61. The minimum atomic E-state index is -3.57. The average molecular weight is 319 g/mol. The van der Waals surface area contributed by atoms with Crippen molar-refractivity contribution in [2.24, 2.45) is 0 Å². The first-order valence-electron chi connectivity index (χ1n) is 6.28. The number of sulfonamides is 1. The number of nitrogens with zero attached hydrogens (tertiary/aromatic N) is 1. The molecule has 112 valence electrons. The molecule has 20 heavy (non-hydrogen) atoms. The highest BCUT2D eigenvalue weighted by molar-refractivity contribution is 7.91. The van der Waals surface area contributed by atoms with Gasteiger partial charge in [-0.2, -0.15) is 4.31 Å². The maximum absolute atomic E-state index is 12.3. The van der Waals surface area contributed by atoms with E-state index < -0.39 is 19.9 Å². The second kappa shape index (κ2) is 5.80. The largest absolute Gasteiger partial charge is 0.379 e. The third-order valence-corrected chi connectivity index (χ3v) is 6.83. The number of hydrogen-bond acceptors (Lipinski definition) is 5. The lowest BCUT2D eigenvalue weighted by molar-refractivity contribution is 0.0730. The van der Waals surface area contributed by atoms with Crippen molar-refractivity contribution in [2.75, 3.05) is 32.1 Å². The van der Waals surface area contributed by atoms with Crippen LogP contribution in [0.1, 0.15) is 6.92 Å². The SMILES string of the molecule is CCS(=O)(=O)c1ccc(S(=O)(=O)N2CCOCC2)cc1. The van der Waals surface area contributed by atoms with Crippen LogP contribution in [-0.4, -0.2) is 53.2 Å². The molecule has 0 atom stereocenters. The molecule has 1 aromatic carbocycles. The number of morpholine rings is 1.